The highest BCUT2D eigenvalue weighted by molar-refractivity contribution is 5.91. The van der Waals surface area contributed by atoms with Crippen molar-refractivity contribution in [3.63, 3.8) is 0 Å². The van der Waals surface area contributed by atoms with Gasteiger partial charge in [-0.1, -0.05) is 67.8 Å². The van der Waals surface area contributed by atoms with Crippen LogP contribution in [0.5, 0.6) is 0 Å². The highest BCUT2D eigenvalue weighted by Crippen LogP contribution is 2.32. The molecule has 1 amide bonds. The lowest BCUT2D eigenvalue weighted by Gasteiger charge is -2.41. The van der Waals surface area contributed by atoms with Gasteiger partial charge in [-0.25, -0.2) is 0 Å². The van der Waals surface area contributed by atoms with Gasteiger partial charge >= 0.3 is 0 Å². The molecule has 3 N–H and O–H groups in total. The Kier molecular flexibility index (Phi) is 4.45. The molecule has 1 saturated carbocycles. The van der Waals surface area contributed by atoms with Crippen LogP contribution in [0.2, 0.25) is 0 Å². The summed E-state index contributed by atoms with van der Waals surface area (Å²) in [5, 5.41) is 10.3. The molecule has 1 atom stereocenters. The van der Waals surface area contributed by atoms with Crippen LogP contribution in [0.1, 0.15) is 43.2 Å². The maximum absolute atomic E-state index is 13.4. The summed E-state index contributed by atoms with van der Waals surface area (Å²) >= 11 is 0. The predicted octanol–water partition coefficient (Wildman–Crippen LogP) is 3.50. The van der Waals surface area contributed by atoms with Gasteiger partial charge in [0.1, 0.15) is 0 Å². The van der Waals surface area contributed by atoms with Gasteiger partial charge in [-0.3, -0.25) is 10.1 Å². The monoisotopic (exact) mass is 335 g/mol. The van der Waals surface area contributed by atoms with Crippen LogP contribution in [-0.4, -0.2) is 11.9 Å². The normalized spacial score (nSPS) is 23.4. The van der Waals surface area contributed by atoms with Gasteiger partial charge in [0.05, 0.1) is 0 Å². The maximum Gasteiger partial charge on any atom is 0.265 e. The molecule has 25 heavy (non-hydrogen) atoms. The van der Waals surface area contributed by atoms with E-state index < -0.39 is 5.66 Å². The van der Waals surface area contributed by atoms with Crippen molar-refractivity contribution in [1.82, 2.24) is 10.6 Å². The van der Waals surface area contributed by atoms with Gasteiger partial charge < -0.3 is 10.6 Å². The van der Waals surface area contributed by atoms with Crippen LogP contribution in [0.3, 0.4) is 0 Å². The molecule has 4 heteroatoms. The minimum absolute atomic E-state index is 0.0140. The Morgan fingerprint density at radius 2 is 1.68 bits per heavy atom. The lowest BCUT2D eigenvalue weighted by Crippen LogP contribution is -2.62. The van der Waals surface area contributed by atoms with Gasteiger partial charge in [0, 0.05) is 23.8 Å². The van der Waals surface area contributed by atoms with E-state index in [1.807, 2.05) is 48.5 Å². The number of hydrogen-bond donors (Lipinski definition) is 3. The number of nitrogens with one attached hydrogen (secondary N) is 3. The molecule has 0 bridgehead atoms. The number of hydrogen-bond acceptors (Lipinski definition) is 3. The first kappa shape index (κ1) is 16.2. The lowest BCUT2D eigenvalue weighted by molar-refractivity contribution is -0.128. The molecule has 0 radical (unpaired) electrons. The summed E-state index contributed by atoms with van der Waals surface area (Å²) in [6, 6.07) is 18.4. The molecule has 4 nitrogen and oxygen atoms in total. The average molecular weight is 335 g/mol. The number of carbonyl (C=O) groups excluding carboxylic acids is 1. The van der Waals surface area contributed by atoms with E-state index in [-0.39, 0.29) is 11.9 Å². The van der Waals surface area contributed by atoms with Crippen LogP contribution >= 0.6 is 0 Å². The summed E-state index contributed by atoms with van der Waals surface area (Å²) in [5.74, 6) is 0.0140. The summed E-state index contributed by atoms with van der Waals surface area (Å²) in [7, 11) is 0. The Bertz CT molecular complexity index is 740. The van der Waals surface area contributed by atoms with E-state index in [1.54, 1.807) is 0 Å². The van der Waals surface area contributed by atoms with Crippen LogP contribution in [0.4, 0.5) is 5.69 Å². The molecule has 0 saturated heterocycles. The molecule has 1 aliphatic heterocycles. The second-order valence-electron chi connectivity index (χ2n) is 7.06. The Morgan fingerprint density at radius 1 is 0.960 bits per heavy atom. The van der Waals surface area contributed by atoms with Gasteiger partial charge in [0.25, 0.3) is 5.91 Å². The molecule has 2 aromatic rings. The zero-order chi connectivity index (χ0) is 17.1. The van der Waals surface area contributed by atoms with Gasteiger partial charge in [0.15, 0.2) is 5.66 Å². The quantitative estimate of drug-likeness (QED) is 0.805. The van der Waals surface area contributed by atoms with Crippen molar-refractivity contribution < 1.29 is 4.79 Å². The van der Waals surface area contributed by atoms with Crippen LogP contribution in [0.15, 0.2) is 54.6 Å². The van der Waals surface area contributed by atoms with Crippen LogP contribution < -0.4 is 16.0 Å². The fourth-order valence-corrected chi connectivity index (χ4v) is 3.94. The van der Waals surface area contributed by atoms with Gasteiger partial charge in [0.2, 0.25) is 0 Å². The summed E-state index contributed by atoms with van der Waals surface area (Å²) in [6.07, 6.45) is 5.83. The first-order valence-corrected chi connectivity index (χ1v) is 9.25. The number of amides is 1. The topological polar surface area (TPSA) is 53.2 Å². The molecule has 1 unspecified atom stereocenters. The minimum atomic E-state index is -0.924. The summed E-state index contributed by atoms with van der Waals surface area (Å²) < 4.78 is 0. The molecule has 0 spiro atoms. The molecule has 0 aromatic heterocycles. The second-order valence-corrected chi connectivity index (χ2v) is 7.06. The molecule has 130 valence electrons. The van der Waals surface area contributed by atoms with E-state index >= 15 is 0 Å². The van der Waals surface area contributed by atoms with Crippen molar-refractivity contribution in [1.29, 1.82) is 0 Å². The fourth-order valence-electron chi connectivity index (χ4n) is 3.94. The van der Waals surface area contributed by atoms with Crippen molar-refractivity contribution >= 4 is 11.6 Å². The van der Waals surface area contributed by atoms with E-state index in [2.05, 4.69) is 22.0 Å². The van der Waals surface area contributed by atoms with Crippen LogP contribution in [-0.2, 0) is 17.0 Å². The first-order valence-electron chi connectivity index (χ1n) is 9.25. The molecule has 2 aliphatic rings. The highest BCUT2D eigenvalue weighted by atomic mass is 16.2. The third-order valence-corrected chi connectivity index (χ3v) is 5.37. The molecule has 2 aromatic carbocycles. The SMILES string of the molecule is O=C(NC1CCCCC1)C1(c2ccccc2)NCc2ccccc2N1. The zero-order valence-corrected chi connectivity index (χ0v) is 14.4. The number of para-hydroxylation sites is 1. The summed E-state index contributed by atoms with van der Waals surface area (Å²) in [5.41, 5.74) is 2.22. The van der Waals surface area contributed by atoms with Crippen LogP contribution in [0, 0.1) is 0 Å². The molecule has 1 aliphatic carbocycles. The fraction of sp³-hybridized carbons (Fsp3) is 0.381. The van der Waals surface area contributed by atoms with Gasteiger partial charge in [-0.2, -0.15) is 0 Å². The second kappa shape index (κ2) is 6.89. The van der Waals surface area contributed by atoms with Crippen molar-refractivity contribution in [3.05, 3.63) is 65.7 Å². The molecule has 4 rings (SSSR count). The third kappa shape index (κ3) is 3.14. The van der Waals surface area contributed by atoms with Gasteiger partial charge in [-0.05, 0) is 24.5 Å². The Labute approximate surface area is 149 Å². The molecule has 1 fully saturated rings. The van der Waals surface area contributed by atoms with Crippen molar-refractivity contribution in [2.45, 2.75) is 50.4 Å². The van der Waals surface area contributed by atoms with E-state index in [0.717, 1.165) is 24.1 Å². The van der Waals surface area contributed by atoms with E-state index in [1.165, 1.54) is 24.8 Å². The number of benzene rings is 2. The molecular formula is C21H25N3O. The van der Waals surface area contributed by atoms with Crippen molar-refractivity contribution in [2.75, 3.05) is 5.32 Å². The predicted molar refractivity (Wildman–Crippen MR) is 100 cm³/mol. The number of rotatable bonds is 3. The summed E-state index contributed by atoms with van der Waals surface area (Å²) in [6.45, 7) is 0.663. The molecular weight excluding hydrogens is 310 g/mol. The van der Waals surface area contributed by atoms with Crippen molar-refractivity contribution in [2.24, 2.45) is 0 Å². The lowest BCUT2D eigenvalue weighted by atomic mass is 9.91. The number of carbonyl (C=O) groups is 1. The van der Waals surface area contributed by atoms with E-state index in [4.69, 9.17) is 0 Å². The Morgan fingerprint density at radius 3 is 2.48 bits per heavy atom. The Hall–Kier alpha value is -2.33. The Balaban J connectivity index is 1.66. The van der Waals surface area contributed by atoms with Crippen LogP contribution in [0.25, 0.3) is 0 Å². The molecule has 1 heterocycles. The maximum atomic E-state index is 13.4. The summed E-state index contributed by atoms with van der Waals surface area (Å²) in [4.78, 5) is 13.4. The third-order valence-electron chi connectivity index (χ3n) is 5.37. The zero-order valence-electron chi connectivity index (χ0n) is 14.4. The van der Waals surface area contributed by atoms with Crippen molar-refractivity contribution in [3.8, 4) is 0 Å². The average Bonchev–Trinajstić information content (AvgIpc) is 2.69. The van der Waals surface area contributed by atoms with Gasteiger partial charge in [-0.15, -0.1) is 0 Å². The smallest absolute Gasteiger partial charge is 0.265 e. The highest BCUT2D eigenvalue weighted by Gasteiger charge is 2.43. The van der Waals surface area contributed by atoms with E-state index in [9.17, 15) is 4.79 Å². The number of fused-ring (bicyclic) bond motifs is 1. The standard InChI is InChI=1S/C21H25N3O/c25-20(23-18-12-5-2-6-13-18)21(17-10-3-1-4-11-17)22-15-16-9-7-8-14-19(16)24-21/h1,3-4,7-11,14,18,22,24H,2,5-6,12-13,15H2,(H,23,25). The van der Waals surface area contributed by atoms with E-state index in [0.29, 0.717) is 6.54 Å². The first-order chi connectivity index (χ1) is 12.3. The minimum Gasteiger partial charge on any atom is -0.355 e. The number of anilines is 1. The largest absolute Gasteiger partial charge is 0.355 e.